The molecule has 1 amide bonds. The van der Waals surface area contributed by atoms with E-state index in [4.69, 9.17) is 0 Å². The minimum Gasteiger partial charge on any atom is -0.298 e. The Morgan fingerprint density at radius 2 is 1.86 bits per heavy atom. The van der Waals surface area contributed by atoms with E-state index >= 15 is 0 Å². The predicted octanol–water partition coefficient (Wildman–Crippen LogP) is 2.66. The average Bonchev–Trinajstić information content (AvgIpc) is 2.53. The van der Waals surface area contributed by atoms with Gasteiger partial charge in [-0.1, -0.05) is 29.5 Å². The molecule has 1 aromatic heterocycles. The molecule has 6 heteroatoms. The number of carbonyl (C=O) groups excluding carboxylic acids is 1. The summed E-state index contributed by atoms with van der Waals surface area (Å²) in [5, 5.41) is 0.706. The number of nitrogens with zero attached hydrogens (tertiary/aromatic N) is 2. The van der Waals surface area contributed by atoms with Crippen LogP contribution >= 0.6 is 11.8 Å². The average molecular weight is 300 g/mol. The smallest absolute Gasteiger partial charge is 0.262 e. The number of benzene rings is 1. The molecule has 108 valence electrons. The van der Waals surface area contributed by atoms with Crippen molar-refractivity contribution in [3.8, 4) is 0 Å². The highest BCUT2D eigenvalue weighted by Crippen LogP contribution is 2.08. The quantitative estimate of drug-likeness (QED) is 0.384. The van der Waals surface area contributed by atoms with E-state index in [1.54, 1.807) is 18.5 Å². The van der Waals surface area contributed by atoms with Gasteiger partial charge in [0.1, 0.15) is 0 Å². The molecule has 0 atom stereocenters. The first-order valence-corrected chi connectivity index (χ1v) is 7.56. The Kier molecular flexibility index (Phi) is 5.34. The maximum absolute atomic E-state index is 11.7. The maximum Gasteiger partial charge on any atom is 0.262 e. The van der Waals surface area contributed by atoms with Gasteiger partial charge in [0.2, 0.25) is 0 Å². The summed E-state index contributed by atoms with van der Waals surface area (Å²) in [6.07, 6.45) is 8.36. The number of rotatable bonds is 5. The van der Waals surface area contributed by atoms with Crippen LogP contribution in [0.4, 0.5) is 5.69 Å². The van der Waals surface area contributed by atoms with Crippen molar-refractivity contribution < 1.29 is 4.79 Å². The zero-order valence-corrected chi connectivity index (χ0v) is 12.6. The van der Waals surface area contributed by atoms with E-state index < -0.39 is 0 Å². The van der Waals surface area contributed by atoms with Crippen molar-refractivity contribution in [2.75, 3.05) is 11.7 Å². The van der Waals surface area contributed by atoms with E-state index in [1.165, 1.54) is 23.4 Å². The summed E-state index contributed by atoms with van der Waals surface area (Å²) in [5.74, 6) is -0.246. The number of aryl methyl sites for hydroxylation is 1. The Labute approximate surface area is 127 Å². The molecule has 0 aliphatic heterocycles. The summed E-state index contributed by atoms with van der Waals surface area (Å²) in [4.78, 5) is 19.9. The van der Waals surface area contributed by atoms with E-state index in [-0.39, 0.29) is 5.91 Å². The Bertz CT molecular complexity index is 623. The van der Waals surface area contributed by atoms with Crippen LogP contribution in [0.15, 0.2) is 47.9 Å². The lowest BCUT2D eigenvalue weighted by molar-refractivity contribution is -0.115. The largest absolute Gasteiger partial charge is 0.298 e. The molecule has 0 saturated heterocycles. The molecule has 0 spiro atoms. The number of anilines is 1. The summed E-state index contributed by atoms with van der Waals surface area (Å²) in [6.45, 7) is 2.01. The first-order valence-electron chi connectivity index (χ1n) is 6.34. The summed E-state index contributed by atoms with van der Waals surface area (Å²) in [5.41, 5.74) is 8.20. The molecular weight excluding hydrogens is 284 g/mol. The van der Waals surface area contributed by atoms with Gasteiger partial charge < -0.3 is 0 Å². The van der Waals surface area contributed by atoms with Gasteiger partial charge in [-0.05, 0) is 31.4 Å². The van der Waals surface area contributed by atoms with E-state index in [9.17, 15) is 4.79 Å². The van der Waals surface area contributed by atoms with Gasteiger partial charge in [-0.25, -0.2) is 9.97 Å². The van der Waals surface area contributed by atoms with Gasteiger partial charge >= 0.3 is 0 Å². The van der Waals surface area contributed by atoms with Gasteiger partial charge in [0.05, 0.1) is 5.69 Å². The van der Waals surface area contributed by atoms with Crippen molar-refractivity contribution in [1.82, 2.24) is 15.4 Å². The molecule has 1 aromatic carbocycles. The molecule has 21 heavy (non-hydrogen) atoms. The zero-order chi connectivity index (χ0) is 15.1. The number of thioether (sulfide) groups is 1. The molecule has 0 aliphatic carbocycles. The number of aromatic nitrogens is 2. The molecule has 0 radical (unpaired) electrons. The topological polar surface area (TPSA) is 66.9 Å². The fourth-order valence-corrected chi connectivity index (χ4v) is 1.82. The van der Waals surface area contributed by atoms with Crippen LogP contribution in [0.3, 0.4) is 0 Å². The zero-order valence-electron chi connectivity index (χ0n) is 11.8. The van der Waals surface area contributed by atoms with Crippen LogP contribution in [0.5, 0.6) is 0 Å². The standard InChI is InChI=1S/C15H16N4OS/c1-11-3-6-13(7-4-11)18-19-14(20)8-5-12-9-16-15(21-2)17-10-12/h3-10,18H,1-2H3,(H,19,20)/b8-5+. The first-order chi connectivity index (χ1) is 10.2. The predicted molar refractivity (Wildman–Crippen MR) is 85.8 cm³/mol. The van der Waals surface area contributed by atoms with Gasteiger partial charge in [-0.15, -0.1) is 0 Å². The van der Waals surface area contributed by atoms with Crippen LogP contribution in [0.2, 0.25) is 0 Å². The second-order valence-electron chi connectivity index (χ2n) is 4.32. The number of nitrogens with one attached hydrogen (secondary N) is 2. The summed E-state index contributed by atoms with van der Waals surface area (Å²) < 4.78 is 0. The molecule has 1 heterocycles. The van der Waals surface area contributed by atoms with Crippen LogP contribution in [-0.4, -0.2) is 22.1 Å². The summed E-state index contributed by atoms with van der Waals surface area (Å²) in [7, 11) is 0. The van der Waals surface area contributed by atoms with Crippen molar-refractivity contribution >= 4 is 29.4 Å². The Hall–Kier alpha value is -2.34. The summed E-state index contributed by atoms with van der Waals surface area (Å²) in [6, 6.07) is 7.73. The number of carbonyl (C=O) groups is 1. The third kappa shape index (κ3) is 4.92. The molecule has 2 rings (SSSR count). The van der Waals surface area contributed by atoms with E-state index in [0.717, 1.165) is 11.3 Å². The second kappa shape index (κ2) is 7.44. The van der Waals surface area contributed by atoms with Crippen molar-refractivity contribution in [3.05, 3.63) is 53.9 Å². The molecule has 2 aromatic rings. The molecule has 0 bridgehead atoms. The summed E-state index contributed by atoms with van der Waals surface area (Å²) >= 11 is 1.47. The number of hydrogen-bond acceptors (Lipinski definition) is 5. The monoisotopic (exact) mass is 300 g/mol. The lowest BCUT2D eigenvalue weighted by Crippen LogP contribution is -2.27. The molecular formula is C15H16N4OS. The van der Waals surface area contributed by atoms with Crippen molar-refractivity contribution in [3.63, 3.8) is 0 Å². The highest BCUT2D eigenvalue weighted by molar-refractivity contribution is 7.98. The Balaban J connectivity index is 1.85. The van der Waals surface area contributed by atoms with Crippen LogP contribution in [0.25, 0.3) is 6.08 Å². The molecule has 0 saturated carbocycles. The highest BCUT2D eigenvalue weighted by atomic mass is 32.2. The lowest BCUT2D eigenvalue weighted by Gasteiger charge is -2.06. The first kappa shape index (κ1) is 15.1. The van der Waals surface area contributed by atoms with E-state index in [1.807, 2.05) is 37.4 Å². The molecule has 5 nitrogen and oxygen atoms in total. The molecule has 0 unspecified atom stereocenters. The van der Waals surface area contributed by atoms with E-state index in [2.05, 4.69) is 20.8 Å². The minimum atomic E-state index is -0.246. The van der Waals surface area contributed by atoms with Crippen molar-refractivity contribution in [2.24, 2.45) is 0 Å². The van der Waals surface area contributed by atoms with Gasteiger partial charge in [-0.3, -0.25) is 15.6 Å². The molecule has 0 aliphatic rings. The van der Waals surface area contributed by atoms with Gasteiger partial charge in [0.25, 0.3) is 5.91 Å². The second-order valence-corrected chi connectivity index (χ2v) is 5.09. The highest BCUT2D eigenvalue weighted by Gasteiger charge is 1.97. The number of hydrogen-bond donors (Lipinski definition) is 2. The fourth-order valence-electron chi connectivity index (χ4n) is 1.50. The Morgan fingerprint density at radius 1 is 1.19 bits per heavy atom. The van der Waals surface area contributed by atoms with Gasteiger partial charge in [0.15, 0.2) is 5.16 Å². The Morgan fingerprint density at radius 3 is 2.48 bits per heavy atom. The number of hydrazine groups is 1. The molecule has 0 fully saturated rings. The van der Waals surface area contributed by atoms with E-state index in [0.29, 0.717) is 5.16 Å². The third-order valence-electron chi connectivity index (χ3n) is 2.64. The van der Waals surface area contributed by atoms with Crippen molar-refractivity contribution in [2.45, 2.75) is 12.1 Å². The SMILES string of the molecule is CSc1ncc(/C=C/C(=O)NNc2ccc(C)cc2)cn1. The fraction of sp³-hybridized carbons (Fsp3) is 0.133. The maximum atomic E-state index is 11.7. The third-order valence-corrected chi connectivity index (χ3v) is 3.22. The van der Waals surface area contributed by atoms with Crippen LogP contribution in [-0.2, 0) is 4.79 Å². The van der Waals surface area contributed by atoms with Crippen LogP contribution < -0.4 is 10.9 Å². The van der Waals surface area contributed by atoms with Crippen LogP contribution in [0, 0.1) is 6.92 Å². The van der Waals surface area contributed by atoms with Gasteiger partial charge in [-0.2, -0.15) is 0 Å². The number of amides is 1. The van der Waals surface area contributed by atoms with Crippen LogP contribution in [0.1, 0.15) is 11.1 Å². The minimum absolute atomic E-state index is 0.246. The van der Waals surface area contributed by atoms with Gasteiger partial charge in [0, 0.05) is 24.0 Å². The molecule has 2 N–H and O–H groups in total. The van der Waals surface area contributed by atoms with Crippen molar-refractivity contribution in [1.29, 1.82) is 0 Å². The lowest BCUT2D eigenvalue weighted by atomic mass is 10.2. The normalized spacial score (nSPS) is 10.6.